The van der Waals surface area contributed by atoms with E-state index in [0.29, 0.717) is 12.1 Å². The average Bonchev–Trinajstić information content (AvgIpc) is 3.39. The Hall–Kier alpha value is -2.85. The van der Waals surface area contributed by atoms with Crippen molar-refractivity contribution in [3.63, 3.8) is 0 Å². The first-order valence-electron chi connectivity index (χ1n) is 10.3. The van der Waals surface area contributed by atoms with Crippen molar-refractivity contribution in [1.82, 2.24) is 9.88 Å². The van der Waals surface area contributed by atoms with Crippen molar-refractivity contribution in [3.8, 4) is 0 Å². The van der Waals surface area contributed by atoms with Gasteiger partial charge in [-0.3, -0.25) is 4.90 Å². The fraction of sp³-hybridized carbons (Fsp3) is 0.320. The second kappa shape index (κ2) is 8.66. The highest BCUT2D eigenvalue weighted by molar-refractivity contribution is 5.86. The number of para-hydroxylation sites is 1. The summed E-state index contributed by atoms with van der Waals surface area (Å²) in [4.78, 5) is 17.3. The normalized spacial score (nSPS) is 18.5. The molecule has 0 saturated carbocycles. The van der Waals surface area contributed by atoms with Crippen molar-refractivity contribution in [1.29, 1.82) is 0 Å². The van der Waals surface area contributed by atoms with Gasteiger partial charge in [0.2, 0.25) is 0 Å². The lowest BCUT2D eigenvalue weighted by Gasteiger charge is -2.31. The van der Waals surface area contributed by atoms with E-state index in [2.05, 4.69) is 76.3 Å². The van der Waals surface area contributed by atoms with Gasteiger partial charge < -0.3 is 9.72 Å². The molecule has 1 saturated heterocycles. The van der Waals surface area contributed by atoms with E-state index in [1.807, 2.05) is 0 Å². The summed E-state index contributed by atoms with van der Waals surface area (Å²) in [6, 6.07) is 17.9. The van der Waals surface area contributed by atoms with Crippen LogP contribution >= 0.6 is 0 Å². The molecular formula is C25H28N2O2. The number of aromatic amines is 1. The molecule has 4 nitrogen and oxygen atoms in total. The van der Waals surface area contributed by atoms with E-state index in [1.54, 1.807) is 6.08 Å². The van der Waals surface area contributed by atoms with Crippen LogP contribution in [0.4, 0.5) is 0 Å². The summed E-state index contributed by atoms with van der Waals surface area (Å²) in [6.45, 7) is 3.44. The molecule has 3 aromatic rings. The summed E-state index contributed by atoms with van der Waals surface area (Å²) in [5.74, 6) is -0.334. The van der Waals surface area contributed by atoms with E-state index in [0.717, 1.165) is 18.5 Å². The molecule has 0 bridgehead atoms. The van der Waals surface area contributed by atoms with Crippen molar-refractivity contribution in [2.75, 3.05) is 13.7 Å². The molecule has 2 heterocycles. The predicted octanol–water partition coefficient (Wildman–Crippen LogP) is 5.12. The van der Waals surface area contributed by atoms with Gasteiger partial charge in [-0.25, -0.2) is 4.79 Å². The number of likely N-dealkylation sites (tertiary alicyclic amines) is 1. The van der Waals surface area contributed by atoms with Crippen molar-refractivity contribution < 1.29 is 9.53 Å². The van der Waals surface area contributed by atoms with Crippen molar-refractivity contribution >= 4 is 22.9 Å². The molecule has 29 heavy (non-hydrogen) atoms. The number of esters is 1. The molecule has 0 radical (unpaired) electrons. The number of H-pyrrole nitrogens is 1. The zero-order valence-corrected chi connectivity index (χ0v) is 17.1. The molecule has 0 amide bonds. The van der Waals surface area contributed by atoms with Gasteiger partial charge in [0.15, 0.2) is 0 Å². The molecule has 0 spiro atoms. The summed E-state index contributed by atoms with van der Waals surface area (Å²) < 4.78 is 4.65. The highest BCUT2D eigenvalue weighted by Crippen LogP contribution is 2.32. The van der Waals surface area contributed by atoms with Gasteiger partial charge in [-0.15, -0.1) is 0 Å². The first kappa shape index (κ1) is 19.5. The molecular weight excluding hydrogens is 360 g/mol. The molecule has 150 valence electrons. The Morgan fingerprint density at radius 1 is 1.24 bits per heavy atom. The van der Waals surface area contributed by atoms with E-state index < -0.39 is 0 Å². The third-order valence-corrected chi connectivity index (χ3v) is 6.08. The molecule has 1 aliphatic rings. The Bertz CT molecular complexity index is 1000. The Labute approximate surface area is 172 Å². The van der Waals surface area contributed by atoms with Gasteiger partial charge in [0.25, 0.3) is 0 Å². The van der Waals surface area contributed by atoms with Gasteiger partial charge in [-0.05, 0) is 61.6 Å². The van der Waals surface area contributed by atoms with Crippen LogP contribution in [0.3, 0.4) is 0 Å². The highest BCUT2D eigenvalue weighted by Gasteiger charge is 2.29. The van der Waals surface area contributed by atoms with Crippen LogP contribution in [-0.2, 0) is 16.0 Å². The number of hydrogen-bond donors (Lipinski definition) is 1. The maximum absolute atomic E-state index is 11.3. The van der Waals surface area contributed by atoms with Gasteiger partial charge in [0, 0.05) is 35.3 Å². The Kier molecular flexibility index (Phi) is 5.81. The van der Waals surface area contributed by atoms with Gasteiger partial charge in [0.05, 0.1) is 7.11 Å². The number of carbonyl (C=O) groups excluding carboxylic acids is 1. The largest absolute Gasteiger partial charge is 0.466 e. The first-order chi connectivity index (χ1) is 14.2. The Morgan fingerprint density at radius 3 is 2.83 bits per heavy atom. The predicted molar refractivity (Wildman–Crippen MR) is 118 cm³/mol. The van der Waals surface area contributed by atoms with Crippen LogP contribution in [0.25, 0.3) is 17.0 Å². The second-order valence-corrected chi connectivity index (χ2v) is 7.80. The monoisotopic (exact) mass is 388 g/mol. The lowest BCUT2D eigenvalue weighted by Crippen LogP contribution is -2.33. The molecule has 1 N–H and O–H groups in total. The van der Waals surface area contributed by atoms with Crippen LogP contribution in [0.15, 0.2) is 60.8 Å². The summed E-state index contributed by atoms with van der Waals surface area (Å²) in [6.07, 6.45) is 8.98. The number of ether oxygens (including phenoxy) is 1. The maximum atomic E-state index is 11.3. The van der Waals surface area contributed by atoms with Crippen LogP contribution < -0.4 is 0 Å². The van der Waals surface area contributed by atoms with Crippen molar-refractivity contribution in [2.45, 2.75) is 38.3 Å². The minimum atomic E-state index is -0.334. The van der Waals surface area contributed by atoms with Crippen LogP contribution in [0.2, 0.25) is 0 Å². The minimum absolute atomic E-state index is 0.334. The van der Waals surface area contributed by atoms with Gasteiger partial charge in [0.1, 0.15) is 0 Å². The smallest absolute Gasteiger partial charge is 0.330 e. The number of fused-ring (bicyclic) bond motifs is 1. The van der Waals surface area contributed by atoms with Crippen LogP contribution in [0.1, 0.15) is 42.5 Å². The van der Waals surface area contributed by atoms with Gasteiger partial charge >= 0.3 is 5.97 Å². The molecule has 4 heteroatoms. The van der Waals surface area contributed by atoms with Crippen LogP contribution in [0, 0.1) is 0 Å². The number of hydrogen-bond acceptors (Lipinski definition) is 3. The fourth-order valence-corrected chi connectivity index (χ4v) is 4.45. The van der Waals surface area contributed by atoms with E-state index in [4.69, 9.17) is 0 Å². The van der Waals surface area contributed by atoms with Crippen LogP contribution in [-0.4, -0.2) is 35.5 Å². The zero-order valence-electron chi connectivity index (χ0n) is 17.1. The van der Waals surface area contributed by atoms with Gasteiger partial charge in [-0.2, -0.15) is 0 Å². The Balaban J connectivity index is 1.47. The van der Waals surface area contributed by atoms with Crippen molar-refractivity contribution in [3.05, 3.63) is 77.5 Å². The summed E-state index contributed by atoms with van der Waals surface area (Å²) in [5.41, 5.74) is 4.94. The lowest BCUT2D eigenvalue weighted by atomic mass is 10.00. The van der Waals surface area contributed by atoms with Crippen molar-refractivity contribution in [2.24, 2.45) is 0 Å². The molecule has 1 aromatic heterocycles. The Morgan fingerprint density at radius 2 is 2.03 bits per heavy atom. The quantitative estimate of drug-likeness (QED) is 0.471. The summed E-state index contributed by atoms with van der Waals surface area (Å²) in [5, 5.41) is 1.34. The lowest BCUT2D eigenvalue weighted by molar-refractivity contribution is -0.134. The molecule has 2 aromatic carbocycles. The molecule has 0 unspecified atom stereocenters. The summed E-state index contributed by atoms with van der Waals surface area (Å²) in [7, 11) is 1.39. The van der Waals surface area contributed by atoms with E-state index in [9.17, 15) is 4.79 Å². The number of rotatable bonds is 6. The first-order valence-corrected chi connectivity index (χ1v) is 10.3. The van der Waals surface area contributed by atoms with Gasteiger partial charge in [-0.1, -0.05) is 42.5 Å². The third kappa shape index (κ3) is 4.28. The third-order valence-electron chi connectivity index (χ3n) is 6.08. The van der Waals surface area contributed by atoms with E-state index >= 15 is 0 Å². The molecule has 4 rings (SSSR count). The van der Waals surface area contributed by atoms with E-state index in [-0.39, 0.29) is 5.97 Å². The highest BCUT2D eigenvalue weighted by atomic mass is 16.5. The second-order valence-electron chi connectivity index (χ2n) is 7.80. The standard InChI is InChI=1S/C25H28N2O2/c1-18(20-12-9-19(10-13-20)11-14-25(28)29-2)27-15-5-6-22(27)16-21-17-26-24-8-4-3-7-23(21)24/h3-4,7-14,17-18,22,26H,5-6,15-16H2,1-2H3/t18-,22+/m0/s1. The topological polar surface area (TPSA) is 45.3 Å². The molecule has 2 atom stereocenters. The average molecular weight is 389 g/mol. The number of aromatic nitrogens is 1. The molecule has 0 aliphatic carbocycles. The SMILES string of the molecule is COC(=O)C=Cc1ccc([C@H](C)N2CCC[C@@H]2Cc2c[nH]c3ccccc23)cc1. The molecule has 1 fully saturated rings. The van der Waals surface area contributed by atoms with E-state index in [1.165, 1.54) is 48.1 Å². The zero-order chi connectivity index (χ0) is 20.2. The number of nitrogens with one attached hydrogen (secondary N) is 1. The number of benzene rings is 2. The number of methoxy groups -OCH3 is 1. The number of nitrogens with zero attached hydrogens (tertiary/aromatic N) is 1. The minimum Gasteiger partial charge on any atom is -0.466 e. The molecule has 1 aliphatic heterocycles. The summed E-state index contributed by atoms with van der Waals surface area (Å²) >= 11 is 0. The van der Waals surface area contributed by atoms with Crippen LogP contribution in [0.5, 0.6) is 0 Å². The number of carbonyl (C=O) groups is 1. The maximum Gasteiger partial charge on any atom is 0.330 e. The fourth-order valence-electron chi connectivity index (χ4n) is 4.45.